The van der Waals surface area contributed by atoms with Gasteiger partial charge >= 0.3 is 0 Å². The van der Waals surface area contributed by atoms with E-state index in [2.05, 4.69) is 16.2 Å². The molecule has 286 valence electrons. The zero-order valence-electron chi connectivity index (χ0n) is 31.3. The highest BCUT2D eigenvalue weighted by Gasteiger charge is 2.15. The van der Waals surface area contributed by atoms with Crippen molar-refractivity contribution in [2.45, 2.75) is 26.1 Å². The number of hydrogen-bond donors (Lipinski definition) is 0. The lowest BCUT2D eigenvalue weighted by molar-refractivity contribution is -0.0144. The molecule has 0 saturated carbocycles. The molecule has 2 aromatic heterocycles. The van der Waals surface area contributed by atoms with Crippen LogP contribution in [-0.2, 0) is 28.4 Å². The van der Waals surface area contributed by atoms with Gasteiger partial charge in [0.15, 0.2) is 11.5 Å². The van der Waals surface area contributed by atoms with Crippen LogP contribution in [0, 0.1) is 12.3 Å². The zero-order valence-corrected chi connectivity index (χ0v) is 31.3. The molecular formula is C42H48N2O10. The summed E-state index contributed by atoms with van der Waals surface area (Å²) < 4.78 is 55.6. The molecule has 0 aliphatic heterocycles. The van der Waals surface area contributed by atoms with E-state index in [1.54, 1.807) is 14.2 Å². The van der Waals surface area contributed by atoms with Crippen LogP contribution in [0.3, 0.4) is 0 Å². The monoisotopic (exact) mass is 740 g/mol. The van der Waals surface area contributed by atoms with E-state index in [4.69, 9.17) is 53.4 Å². The number of nitrogens with zero attached hydrogens (tertiary/aromatic N) is 2. The van der Waals surface area contributed by atoms with Crippen molar-refractivity contribution in [3.05, 3.63) is 84.4 Å². The van der Waals surface area contributed by atoms with Crippen LogP contribution in [0.25, 0.3) is 45.2 Å². The highest BCUT2D eigenvalue weighted by Crippen LogP contribution is 2.33. The van der Waals surface area contributed by atoms with Gasteiger partial charge in [-0.15, -0.1) is 6.42 Å². The Morgan fingerprint density at radius 1 is 0.556 bits per heavy atom. The molecule has 54 heavy (non-hydrogen) atoms. The van der Waals surface area contributed by atoms with E-state index in [-0.39, 0.29) is 12.2 Å². The van der Waals surface area contributed by atoms with Crippen LogP contribution < -0.4 is 9.47 Å². The molecule has 0 N–H and O–H groups in total. The van der Waals surface area contributed by atoms with E-state index in [9.17, 15) is 0 Å². The second kappa shape index (κ2) is 21.6. The largest absolute Gasteiger partial charge is 0.491 e. The maximum atomic E-state index is 5.91. The van der Waals surface area contributed by atoms with Crippen molar-refractivity contribution >= 4 is 0 Å². The van der Waals surface area contributed by atoms with Gasteiger partial charge in [0, 0.05) is 54.2 Å². The average molecular weight is 741 g/mol. The van der Waals surface area contributed by atoms with Gasteiger partial charge in [-0.25, -0.2) is 0 Å². The quantitative estimate of drug-likeness (QED) is 0.0469. The Kier molecular flexibility index (Phi) is 16.1. The Balaban J connectivity index is 1.15. The summed E-state index contributed by atoms with van der Waals surface area (Å²) >= 11 is 0. The van der Waals surface area contributed by atoms with Crippen LogP contribution in [0.2, 0.25) is 0 Å². The molecule has 0 fully saturated rings. The fourth-order valence-corrected chi connectivity index (χ4v) is 5.16. The number of ether oxygens (including phenoxy) is 8. The molecule has 12 heteroatoms. The number of aromatic nitrogens is 2. The highest BCUT2D eigenvalue weighted by atomic mass is 16.6. The van der Waals surface area contributed by atoms with E-state index in [0.29, 0.717) is 94.5 Å². The van der Waals surface area contributed by atoms with Crippen molar-refractivity contribution in [3.63, 3.8) is 0 Å². The summed E-state index contributed by atoms with van der Waals surface area (Å²) in [5.41, 5.74) is 5.28. The van der Waals surface area contributed by atoms with Crippen LogP contribution in [0.5, 0.6) is 11.5 Å². The van der Waals surface area contributed by atoms with Gasteiger partial charge in [-0.3, -0.25) is 0 Å². The number of methoxy groups -OCH3 is 2. The lowest BCUT2D eigenvalue weighted by atomic mass is 10.0. The molecule has 5 rings (SSSR count). The molecular weight excluding hydrogens is 692 g/mol. The molecule has 3 aromatic carbocycles. The summed E-state index contributed by atoms with van der Waals surface area (Å²) in [6, 6.07) is 24.7. The first-order valence-corrected chi connectivity index (χ1v) is 17.8. The molecule has 5 aromatic rings. The lowest BCUT2D eigenvalue weighted by Gasteiger charge is -2.14. The average Bonchev–Trinajstić information content (AvgIpc) is 3.91. The number of hydrogen-bond acceptors (Lipinski definition) is 12. The Labute approximate surface area is 316 Å². The first kappa shape index (κ1) is 40.2. The smallest absolute Gasteiger partial charge is 0.167 e. The Hall–Kier alpha value is -5.00. The first-order valence-electron chi connectivity index (χ1n) is 17.8. The van der Waals surface area contributed by atoms with Gasteiger partial charge in [-0.05, 0) is 80.6 Å². The Morgan fingerprint density at radius 3 is 1.39 bits per heavy atom. The van der Waals surface area contributed by atoms with Crippen molar-refractivity contribution in [1.82, 2.24) is 10.3 Å². The molecule has 0 aliphatic carbocycles. The van der Waals surface area contributed by atoms with E-state index in [1.165, 1.54) is 0 Å². The first-order chi connectivity index (χ1) is 26.4. The van der Waals surface area contributed by atoms with Crippen molar-refractivity contribution in [1.29, 1.82) is 0 Å². The van der Waals surface area contributed by atoms with E-state index >= 15 is 0 Å². The van der Waals surface area contributed by atoms with Crippen LogP contribution in [-0.4, -0.2) is 103 Å². The highest BCUT2D eigenvalue weighted by molar-refractivity contribution is 5.75. The molecule has 0 aliphatic rings. The topological polar surface area (TPSA) is 126 Å². The van der Waals surface area contributed by atoms with Crippen molar-refractivity contribution in [3.8, 4) is 69.0 Å². The predicted octanol–water partition coefficient (Wildman–Crippen LogP) is 7.21. The van der Waals surface area contributed by atoms with Gasteiger partial charge in [0.25, 0.3) is 0 Å². The van der Waals surface area contributed by atoms with Crippen molar-refractivity contribution < 1.29 is 46.9 Å². The van der Waals surface area contributed by atoms with Crippen LogP contribution in [0.1, 0.15) is 19.4 Å². The van der Waals surface area contributed by atoms with E-state index in [1.807, 2.05) is 92.7 Å². The lowest BCUT2D eigenvalue weighted by Crippen LogP contribution is -2.20. The molecule has 2 heterocycles. The van der Waals surface area contributed by atoms with Crippen LogP contribution in [0.4, 0.5) is 0 Å². The summed E-state index contributed by atoms with van der Waals surface area (Å²) in [6.45, 7) is 8.97. The predicted molar refractivity (Wildman–Crippen MR) is 203 cm³/mol. The Bertz CT molecular complexity index is 1740. The molecule has 12 nitrogen and oxygen atoms in total. The SMILES string of the molecule is C#Cc1cc(-c2cc(-c3ccc(OC[C@@H](C)OCCOCCOC)cc3)no2)cc(-c2cc(-c3ccc(OC[C@@H](C)OCCOCCOC)cc3)no2)c1. The molecule has 0 radical (unpaired) electrons. The molecule has 0 unspecified atom stereocenters. The van der Waals surface area contributed by atoms with Crippen molar-refractivity contribution in [2.24, 2.45) is 0 Å². The molecule has 0 spiro atoms. The number of benzene rings is 3. The van der Waals surface area contributed by atoms with Gasteiger partial charge in [-0.1, -0.05) is 16.2 Å². The van der Waals surface area contributed by atoms with Gasteiger partial charge in [-0.2, -0.15) is 0 Å². The zero-order chi connectivity index (χ0) is 38.0. The molecule has 2 atom stereocenters. The number of rotatable bonds is 24. The second-order valence-electron chi connectivity index (χ2n) is 12.3. The van der Waals surface area contributed by atoms with E-state index < -0.39 is 0 Å². The molecule has 0 amide bonds. The third-order valence-electron chi connectivity index (χ3n) is 8.08. The summed E-state index contributed by atoms with van der Waals surface area (Å²) in [7, 11) is 3.29. The minimum absolute atomic E-state index is 0.0864. The second-order valence-corrected chi connectivity index (χ2v) is 12.3. The van der Waals surface area contributed by atoms with Gasteiger partial charge in [0.2, 0.25) is 0 Å². The maximum absolute atomic E-state index is 5.91. The summed E-state index contributed by atoms with van der Waals surface area (Å²) in [4.78, 5) is 0. The number of terminal acetylenes is 1. The fourth-order valence-electron chi connectivity index (χ4n) is 5.16. The molecule has 0 bridgehead atoms. The molecule has 0 saturated heterocycles. The van der Waals surface area contributed by atoms with Gasteiger partial charge in [0.05, 0.1) is 65.1 Å². The Morgan fingerprint density at radius 2 is 0.981 bits per heavy atom. The summed E-state index contributed by atoms with van der Waals surface area (Å²) in [5.74, 6) is 5.30. The minimum atomic E-state index is -0.0864. The fraction of sp³-hybridized carbons (Fsp3) is 0.381. The van der Waals surface area contributed by atoms with Crippen LogP contribution in [0.15, 0.2) is 87.9 Å². The summed E-state index contributed by atoms with van der Waals surface area (Å²) in [5, 5.41) is 8.63. The van der Waals surface area contributed by atoms with Crippen LogP contribution >= 0.6 is 0 Å². The standard InChI is InChI=1S/C42H48N2O10/c1-6-32-23-35(41-26-39(43-53-41)33-7-11-37(12-8-33)51-28-30(2)49-21-19-47-17-15-45-4)25-36(24-32)42-27-40(44-54-42)34-9-13-38(14-10-34)52-29-31(3)50-22-20-48-18-16-46-5/h1,7-14,23-27,30-31H,15-22,28-29H2,2-5H3/t30-,31-/m1/s1. The third-order valence-corrected chi connectivity index (χ3v) is 8.08. The van der Waals surface area contributed by atoms with Gasteiger partial charge in [0.1, 0.15) is 36.1 Å². The minimum Gasteiger partial charge on any atom is -0.491 e. The summed E-state index contributed by atoms with van der Waals surface area (Å²) in [6.07, 6.45) is 5.67. The third kappa shape index (κ3) is 12.6. The normalized spacial score (nSPS) is 12.4. The van der Waals surface area contributed by atoms with Gasteiger partial charge < -0.3 is 46.9 Å². The van der Waals surface area contributed by atoms with E-state index in [0.717, 1.165) is 33.8 Å². The van der Waals surface area contributed by atoms with Crippen molar-refractivity contribution in [2.75, 3.05) is 80.3 Å². The maximum Gasteiger partial charge on any atom is 0.167 e.